The lowest BCUT2D eigenvalue weighted by atomic mass is 9.67. The molecule has 0 unspecified atom stereocenters. The van der Waals surface area contributed by atoms with Crippen LogP contribution in [0.5, 0.6) is 5.75 Å². The van der Waals surface area contributed by atoms with E-state index < -0.39 is 57.1 Å². The van der Waals surface area contributed by atoms with Crippen molar-refractivity contribution in [3.63, 3.8) is 0 Å². The second kappa shape index (κ2) is 29.2. The van der Waals surface area contributed by atoms with Gasteiger partial charge in [0.15, 0.2) is 23.3 Å². The van der Waals surface area contributed by atoms with Crippen LogP contribution in [-0.2, 0) is 22.9 Å². The molecule has 0 saturated heterocycles. The van der Waals surface area contributed by atoms with Gasteiger partial charge in [0.25, 0.3) is 0 Å². The maximum absolute atomic E-state index is 15.3. The van der Waals surface area contributed by atoms with Crippen LogP contribution >= 0.6 is 0 Å². The van der Waals surface area contributed by atoms with Crippen LogP contribution in [0.3, 0.4) is 0 Å². The molecule has 13 heteroatoms. The fourth-order valence-corrected chi connectivity index (χ4v) is 20.2. The van der Waals surface area contributed by atoms with Gasteiger partial charge in [-0.25, -0.2) is 22.0 Å². The van der Waals surface area contributed by atoms with Crippen LogP contribution in [0.2, 0.25) is 0 Å². The summed E-state index contributed by atoms with van der Waals surface area (Å²) in [7, 11) is 1.66. The molecule has 0 radical (unpaired) electrons. The van der Waals surface area contributed by atoms with Gasteiger partial charge in [0, 0.05) is 46.5 Å². The van der Waals surface area contributed by atoms with Crippen LogP contribution in [0.1, 0.15) is 79.2 Å². The van der Waals surface area contributed by atoms with Crippen LogP contribution < -0.4 is 4.74 Å². The molecule has 123 heavy (non-hydrogen) atoms. The van der Waals surface area contributed by atoms with Crippen molar-refractivity contribution in [3.8, 4) is 56.2 Å². The van der Waals surface area contributed by atoms with Gasteiger partial charge in [-0.2, -0.15) is 0 Å². The van der Waals surface area contributed by atoms with Gasteiger partial charge < -0.3 is 23.5 Å². The van der Waals surface area contributed by atoms with Gasteiger partial charge in [-0.05, 0) is 203 Å². The van der Waals surface area contributed by atoms with Crippen molar-refractivity contribution in [1.82, 2.24) is 28.7 Å². The molecular formula is C110H71F5N6O2. The minimum absolute atomic E-state index is 0.0704. The van der Waals surface area contributed by atoms with Gasteiger partial charge in [-0.3, -0.25) is 15.0 Å². The first-order valence-corrected chi connectivity index (χ1v) is 40.4. The van der Waals surface area contributed by atoms with Crippen molar-refractivity contribution >= 4 is 65.8 Å². The minimum atomic E-state index is -2.21. The summed E-state index contributed by atoms with van der Waals surface area (Å²) < 4.78 is 127. The maximum atomic E-state index is 15.3. The molecule has 6 heterocycles. The highest BCUT2D eigenvalue weighted by molar-refractivity contribution is 6.13. The van der Waals surface area contributed by atoms with Crippen LogP contribution in [0, 0.1) is 29.1 Å². The molecule has 0 spiro atoms. The number of methoxy groups -OCH3 is 1. The summed E-state index contributed by atoms with van der Waals surface area (Å²) in [5.74, 6) is -9.35. The maximum Gasteiger partial charge on any atom is 0.200 e. The van der Waals surface area contributed by atoms with Crippen molar-refractivity contribution in [2.24, 2.45) is 0 Å². The van der Waals surface area contributed by atoms with Gasteiger partial charge >= 0.3 is 0 Å². The highest BCUT2D eigenvalue weighted by atomic mass is 19.2. The number of para-hydroxylation sites is 1. The van der Waals surface area contributed by atoms with Crippen LogP contribution in [0.4, 0.5) is 22.0 Å². The van der Waals surface area contributed by atoms with E-state index in [1.54, 1.807) is 36.1 Å². The molecule has 3 aliphatic rings. The minimum Gasteiger partial charge on any atom is -0.497 e. The molecule has 15 aromatic carbocycles. The molecule has 0 bridgehead atoms. The standard InChI is InChI=1S/C38H28N2O2.C36H19F5N2.C36H24N2/c1-42-29-20-25(24-41)19-28(21-29)40-35-17-10-18-39-37(35)32-22-34-31(23-36(32)40)30-15-8-9-16-33(30)38(34,26-11-4-2-5-12-26)27-13-6-3-7-14-27;37-29-30(38)32(40)35(33(41)31(29)39)43-27-16-9-17-42-34(27)24-18-26-23(19-28(24)43)22-14-7-8-15-25(22)36(26,20-10-3-1-4-11-20)21-12-5-2-6-13-21;1-4-13-25(14-5-1)36(26-15-6-2-7-16-26)31-20-11-10-19-28(31)29-24-34-30(23-32(29)36)35-33(21-12-22-37-35)38(34)27-17-8-3-9-18-27/h2-23,41H,24H2,1H3;1-19H;1-24H/i;;3D,8D,9D,17D,18D. The molecule has 0 fully saturated rings. The predicted octanol–water partition coefficient (Wildman–Crippen LogP) is 25.8. The summed E-state index contributed by atoms with van der Waals surface area (Å²) in [6.07, 6.45) is 5.13. The first-order valence-electron chi connectivity index (χ1n) is 42.9. The smallest absolute Gasteiger partial charge is 0.200 e. The average Bonchev–Trinajstić information content (AvgIpc) is 1.53. The molecule has 21 aromatic rings. The van der Waals surface area contributed by atoms with Crippen LogP contribution in [0.25, 0.3) is 116 Å². The van der Waals surface area contributed by atoms with Crippen LogP contribution in [0.15, 0.2) is 395 Å². The van der Waals surface area contributed by atoms with Crippen molar-refractivity contribution in [2.75, 3.05) is 7.11 Å². The summed E-state index contributed by atoms with van der Waals surface area (Å²) in [5.41, 5.74) is 24.7. The number of fused-ring (bicyclic) bond motifs is 18. The zero-order valence-corrected chi connectivity index (χ0v) is 65.8. The van der Waals surface area contributed by atoms with E-state index in [-0.39, 0.29) is 47.5 Å². The summed E-state index contributed by atoms with van der Waals surface area (Å²) in [5, 5.41) is 12.5. The zero-order valence-electron chi connectivity index (χ0n) is 70.8. The van der Waals surface area contributed by atoms with Gasteiger partial charge in [-0.15, -0.1) is 0 Å². The number of benzene rings is 15. The van der Waals surface area contributed by atoms with Gasteiger partial charge in [0.05, 0.1) is 92.2 Å². The molecule has 3 aliphatic carbocycles. The third-order valence-corrected chi connectivity index (χ3v) is 25.0. The Kier molecular flexibility index (Phi) is 16.3. The molecule has 0 amide bonds. The normalized spacial score (nSPS) is 14.0. The molecule has 24 rings (SSSR count). The van der Waals surface area contributed by atoms with E-state index in [2.05, 4.69) is 222 Å². The van der Waals surface area contributed by atoms with E-state index in [1.807, 2.05) is 121 Å². The molecule has 0 saturated carbocycles. The Morgan fingerprint density at radius 2 is 0.610 bits per heavy atom. The van der Waals surface area contributed by atoms with E-state index in [1.165, 1.54) is 45.1 Å². The number of halogens is 5. The van der Waals surface area contributed by atoms with E-state index in [0.29, 0.717) is 27.7 Å². The lowest BCUT2D eigenvalue weighted by Crippen LogP contribution is -2.28. The van der Waals surface area contributed by atoms with Crippen molar-refractivity contribution in [2.45, 2.75) is 22.9 Å². The van der Waals surface area contributed by atoms with E-state index in [4.69, 9.17) is 21.6 Å². The van der Waals surface area contributed by atoms with Crippen molar-refractivity contribution < 1.29 is 38.6 Å². The molecule has 8 nitrogen and oxygen atoms in total. The average molecular weight is 1610 g/mol. The second-order valence-electron chi connectivity index (χ2n) is 31.0. The number of hydrogen-bond donors (Lipinski definition) is 1. The Labute approximate surface area is 711 Å². The van der Waals surface area contributed by atoms with Gasteiger partial charge in [0.1, 0.15) is 11.4 Å². The van der Waals surface area contributed by atoms with Crippen LogP contribution in [-0.4, -0.2) is 40.9 Å². The zero-order chi connectivity index (χ0) is 87.2. The Morgan fingerprint density at radius 1 is 0.301 bits per heavy atom. The predicted molar refractivity (Wildman–Crippen MR) is 480 cm³/mol. The number of aliphatic hydroxyl groups is 1. The summed E-state index contributed by atoms with van der Waals surface area (Å²) in [4.78, 5) is 14.2. The first kappa shape index (κ1) is 68.5. The van der Waals surface area contributed by atoms with Crippen molar-refractivity contribution in [1.29, 1.82) is 0 Å². The monoisotopic (exact) mass is 1610 g/mol. The molecule has 0 aliphatic heterocycles. The summed E-state index contributed by atoms with van der Waals surface area (Å²) >= 11 is 0. The topological polar surface area (TPSA) is 82.9 Å². The number of ether oxygens (including phenoxy) is 1. The van der Waals surface area contributed by atoms with E-state index in [0.717, 1.165) is 110 Å². The Balaban J connectivity index is 0.000000113. The Morgan fingerprint density at radius 3 is 0.951 bits per heavy atom. The fourth-order valence-electron chi connectivity index (χ4n) is 20.2. The number of aliphatic hydroxyl groups excluding tert-OH is 1. The third-order valence-electron chi connectivity index (χ3n) is 25.0. The van der Waals surface area contributed by atoms with E-state index in [9.17, 15) is 18.3 Å². The highest BCUT2D eigenvalue weighted by Gasteiger charge is 2.50. The van der Waals surface area contributed by atoms with Gasteiger partial charge in [0.2, 0.25) is 5.82 Å². The SMILES string of the molecule is COc1cc(CO)cc(-n2c3cc4c(cc3c3ncccc32)C(c2ccccc2)(c2ccccc2)c2ccccc2-4)c1.Fc1c(F)c(F)c(-n2c3cc4c(cc3c3ncccc32)C(c2ccccc2)(c2ccccc2)c2ccccc2-4)c(F)c1F.[2H]c1c([2H])c([2H])c(-n2c3cc4c(cc3c3ncccc32)C(c2ccccc2)(c2ccccc2)c2ccccc2-4)c([2H])c1[2H]. The molecule has 0 atom stereocenters. The summed E-state index contributed by atoms with van der Waals surface area (Å²) in [6, 6.07) is 116. The van der Waals surface area contributed by atoms with E-state index >= 15 is 8.78 Å². The number of rotatable bonds is 11. The molecule has 1 N–H and O–H groups in total. The number of pyridine rings is 3. The second-order valence-corrected chi connectivity index (χ2v) is 31.0. The fraction of sp³-hybridized carbons (Fsp3) is 0.0455. The number of aromatic nitrogens is 6. The lowest BCUT2D eigenvalue weighted by molar-refractivity contribution is 0.281. The molecule has 6 aromatic heterocycles. The number of nitrogens with zero attached hydrogens (tertiary/aromatic N) is 6. The highest BCUT2D eigenvalue weighted by Crippen LogP contribution is 2.61. The van der Waals surface area contributed by atoms with Crippen molar-refractivity contribution in [3.05, 3.63) is 496 Å². The number of hydrogen-bond acceptors (Lipinski definition) is 5. The molecular weight excluding hydrogens is 1530 g/mol. The summed E-state index contributed by atoms with van der Waals surface area (Å²) in [6.45, 7) is -0.0704. The first-order chi connectivity index (χ1) is 62.6. The quantitative estimate of drug-likeness (QED) is 0.0793. The Hall–Kier alpha value is -15.4. The van der Waals surface area contributed by atoms with Gasteiger partial charge in [-0.1, -0.05) is 273 Å². The lowest BCUT2D eigenvalue weighted by Gasteiger charge is -2.33. The third kappa shape index (κ3) is 10.9. The Bertz CT molecular complexity index is 7600. The largest absolute Gasteiger partial charge is 0.497 e. The molecule has 588 valence electrons.